The minimum absolute atomic E-state index is 0.0229. The van der Waals surface area contributed by atoms with Crippen LogP contribution < -0.4 is 5.32 Å². The first kappa shape index (κ1) is 21.6. The van der Waals surface area contributed by atoms with Crippen LogP contribution in [0.3, 0.4) is 0 Å². The summed E-state index contributed by atoms with van der Waals surface area (Å²) in [5, 5.41) is 2.26. The molecule has 0 bridgehead atoms. The minimum atomic E-state index is -3.85. The highest BCUT2D eigenvalue weighted by Gasteiger charge is 2.32. The third-order valence-corrected chi connectivity index (χ3v) is 6.98. The van der Waals surface area contributed by atoms with E-state index in [-0.39, 0.29) is 36.5 Å². The number of rotatable bonds is 5. The summed E-state index contributed by atoms with van der Waals surface area (Å²) >= 11 is 5.90. The lowest BCUT2D eigenvalue weighted by atomic mass is 9.97. The second-order valence-corrected chi connectivity index (χ2v) is 9.09. The van der Waals surface area contributed by atoms with Gasteiger partial charge in [-0.1, -0.05) is 23.7 Å². The van der Waals surface area contributed by atoms with Crippen LogP contribution in [0.15, 0.2) is 36.4 Å². The van der Waals surface area contributed by atoms with Gasteiger partial charge in [0.2, 0.25) is 15.9 Å². The van der Waals surface area contributed by atoms with Crippen molar-refractivity contribution in [3.63, 3.8) is 0 Å². The number of hydrogen-bond acceptors (Lipinski definition) is 3. The molecule has 0 unspecified atom stereocenters. The van der Waals surface area contributed by atoms with E-state index in [0.717, 1.165) is 18.2 Å². The topological polar surface area (TPSA) is 66.5 Å². The van der Waals surface area contributed by atoms with E-state index in [0.29, 0.717) is 0 Å². The number of hydrogen-bond donors (Lipinski definition) is 1. The maximum atomic E-state index is 13.9. The average Bonchev–Trinajstić information content (AvgIpc) is 2.68. The fourth-order valence-electron chi connectivity index (χ4n) is 3.18. The van der Waals surface area contributed by atoms with Gasteiger partial charge in [-0.05, 0) is 37.1 Å². The molecule has 1 aliphatic heterocycles. The zero-order valence-corrected chi connectivity index (χ0v) is 16.7. The Morgan fingerprint density at radius 2 is 1.59 bits per heavy atom. The fourth-order valence-corrected chi connectivity index (χ4v) is 5.10. The molecule has 1 heterocycles. The van der Waals surface area contributed by atoms with Crippen LogP contribution in [0, 0.1) is 23.4 Å². The molecule has 1 saturated heterocycles. The van der Waals surface area contributed by atoms with Crippen molar-refractivity contribution >= 4 is 33.2 Å². The summed E-state index contributed by atoms with van der Waals surface area (Å²) in [6.45, 7) is 0.0679. The number of carbonyl (C=O) groups is 1. The number of piperidine rings is 1. The van der Waals surface area contributed by atoms with Gasteiger partial charge in [-0.3, -0.25) is 4.79 Å². The van der Waals surface area contributed by atoms with Gasteiger partial charge in [-0.2, -0.15) is 0 Å². The lowest BCUT2D eigenvalue weighted by Crippen LogP contribution is -2.42. The van der Waals surface area contributed by atoms with Crippen molar-refractivity contribution in [2.75, 3.05) is 18.4 Å². The summed E-state index contributed by atoms with van der Waals surface area (Å²) in [6.07, 6.45) is 0.346. The average molecular weight is 447 g/mol. The van der Waals surface area contributed by atoms with E-state index in [4.69, 9.17) is 11.6 Å². The standard InChI is InChI=1S/C19H18ClF3N2O3S/c20-14-3-1-4-15(21)13(14)11-29(27,28)25-9-7-12(8-10-25)19(26)24-18-16(22)5-2-6-17(18)23/h1-6,12H,7-11H2,(H,24,26). The summed E-state index contributed by atoms with van der Waals surface area (Å²) in [4.78, 5) is 12.3. The molecule has 1 amide bonds. The molecule has 0 aromatic heterocycles. The van der Waals surface area contributed by atoms with E-state index >= 15 is 0 Å². The van der Waals surface area contributed by atoms with Crippen LogP contribution in [0.2, 0.25) is 5.02 Å². The molecule has 10 heteroatoms. The second kappa shape index (κ2) is 8.73. The van der Waals surface area contributed by atoms with Gasteiger partial charge in [-0.25, -0.2) is 25.9 Å². The quantitative estimate of drug-likeness (QED) is 0.756. The largest absolute Gasteiger partial charge is 0.321 e. The molecule has 0 saturated carbocycles. The Bertz CT molecular complexity index is 985. The third-order valence-electron chi connectivity index (χ3n) is 4.82. The van der Waals surface area contributed by atoms with Gasteiger partial charge in [0.05, 0.1) is 5.75 Å². The highest BCUT2D eigenvalue weighted by atomic mass is 35.5. The van der Waals surface area contributed by atoms with E-state index in [9.17, 15) is 26.4 Å². The van der Waals surface area contributed by atoms with Crippen LogP contribution in [0.5, 0.6) is 0 Å². The van der Waals surface area contributed by atoms with E-state index in [1.54, 1.807) is 0 Å². The summed E-state index contributed by atoms with van der Waals surface area (Å²) in [5.41, 5.74) is -0.634. The normalized spacial score (nSPS) is 16.0. The number of sulfonamides is 1. The van der Waals surface area contributed by atoms with Crippen molar-refractivity contribution in [1.29, 1.82) is 0 Å². The van der Waals surface area contributed by atoms with Gasteiger partial charge in [0.25, 0.3) is 0 Å². The molecule has 0 atom stereocenters. The second-order valence-electron chi connectivity index (χ2n) is 6.72. The molecule has 5 nitrogen and oxygen atoms in total. The lowest BCUT2D eigenvalue weighted by molar-refractivity contribution is -0.121. The number of carbonyl (C=O) groups excluding carboxylic acids is 1. The van der Waals surface area contributed by atoms with Gasteiger partial charge in [0.15, 0.2) is 0 Å². The Labute approximate surface area is 171 Å². The van der Waals surface area contributed by atoms with E-state index in [2.05, 4.69) is 5.32 Å². The molecule has 0 radical (unpaired) electrons. The maximum Gasteiger partial charge on any atom is 0.227 e. The number of amides is 1. The number of benzene rings is 2. The van der Waals surface area contributed by atoms with Crippen molar-refractivity contribution in [2.24, 2.45) is 5.92 Å². The molecular weight excluding hydrogens is 429 g/mol. The molecule has 1 fully saturated rings. The Morgan fingerprint density at radius 3 is 2.17 bits per heavy atom. The smallest absolute Gasteiger partial charge is 0.227 e. The first-order valence-electron chi connectivity index (χ1n) is 8.84. The predicted octanol–water partition coefficient (Wildman–Crippen LogP) is 3.94. The van der Waals surface area contributed by atoms with Crippen molar-refractivity contribution in [3.8, 4) is 0 Å². The highest BCUT2D eigenvalue weighted by molar-refractivity contribution is 7.88. The van der Waals surface area contributed by atoms with E-state index < -0.39 is 50.7 Å². The zero-order valence-electron chi connectivity index (χ0n) is 15.2. The molecule has 0 spiro atoms. The van der Waals surface area contributed by atoms with E-state index in [1.807, 2.05) is 0 Å². The van der Waals surface area contributed by atoms with Crippen molar-refractivity contribution < 1.29 is 26.4 Å². The van der Waals surface area contributed by atoms with Crippen molar-refractivity contribution in [1.82, 2.24) is 4.31 Å². The summed E-state index contributed by atoms with van der Waals surface area (Å²) in [6, 6.07) is 7.17. The highest BCUT2D eigenvalue weighted by Crippen LogP contribution is 2.27. The first-order valence-corrected chi connectivity index (χ1v) is 10.8. The molecule has 29 heavy (non-hydrogen) atoms. The number of halogens is 4. The van der Waals surface area contributed by atoms with Gasteiger partial charge in [0.1, 0.15) is 23.1 Å². The Balaban J connectivity index is 1.63. The molecule has 156 valence electrons. The SMILES string of the molecule is O=C(Nc1c(F)cccc1F)C1CCN(S(=O)(=O)Cc2c(F)cccc2Cl)CC1. The molecule has 0 aliphatic carbocycles. The zero-order chi connectivity index (χ0) is 21.2. The van der Waals surface area contributed by atoms with Crippen LogP contribution in [-0.4, -0.2) is 31.7 Å². The summed E-state index contributed by atoms with van der Waals surface area (Å²) in [7, 11) is -3.85. The van der Waals surface area contributed by atoms with Crippen molar-refractivity contribution in [3.05, 3.63) is 64.4 Å². The molecule has 1 N–H and O–H groups in total. The third kappa shape index (κ3) is 4.91. The number of nitrogens with one attached hydrogen (secondary N) is 1. The fraction of sp³-hybridized carbons (Fsp3) is 0.316. The number of nitrogens with zero attached hydrogens (tertiary/aromatic N) is 1. The minimum Gasteiger partial charge on any atom is -0.321 e. The Morgan fingerprint density at radius 1 is 1.03 bits per heavy atom. The molecule has 2 aromatic rings. The van der Waals surface area contributed by atoms with Gasteiger partial charge in [-0.15, -0.1) is 0 Å². The van der Waals surface area contributed by atoms with Gasteiger partial charge < -0.3 is 5.32 Å². The monoisotopic (exact) mass is 446 g/mol. The Kier molecular flexibility index (Phi) is 6.50. The first-order chi connectivity index (χ1) is 13.7. The van der Waals surface area contributed by atoms with Crippen LogP contribution in [0.4, 0.5) is 18.9 Å². The Hall–Kier alpha value is -2.10. The van der Waals surface area contributed by atoms with Gasteiger partial charge >= 0.3 is 0 Å². The van der Waals surface area contributed by atoms with Crippen LogP contribution in [0.25, 0.3) is 0 Å². The van der Waals surface area contributed by atoms with Gasteiger partial charge in [0, 0.05) is 29.6 Å². The predicted molar refractivity (Wildman–Crippen MR) is 103 cm³/mol. The molecular formula is C19H18ClF3N2O3S. The summed E-state index contributed by atoms with van der Waals surface area (Å²) in [5.74, 6) is -4.25. The summed E-state index contributed by atoms with van der Waals surface area (Å²) < 4.78 is 67.7. The van der Waals surface area contributed by atoms with Crippen molar-refractivity contribution in [2.45, 2.75) is 18.6 Å². The van der Waals surface area contributed by atoms with E-state index in [1.165, 1.54) is 22.5 Å². The maximum absolute atomic E-state index is 13.9. The van der Waals surface area contributed by atoms with Crippen LogP contribution >= 0.6 is 11.6 Å². The number of anilines is 1. The molecule has 2 aromatic carbocycles. The molecule has 3 rings (SSSR count). The lowest BCUT2D eigenvalue weighted by Gasteiger charge is -2.30. The van der Waals surface area contributed by atoms with Crippen LogP contribution in [0.1, 0.15) is 18.4 Å². The van der Waals surface area contributed by atoms with Crippen LogP contribution in [-0.2, 0) is 20.6 Å². The number of para-hydroxylation sites is 1. The molecule has 1 aliphatic rings.